The first kappa shape index (κ1) is 29.2. The number of nitrogens with zero attached hydrogens (tertiary/aromatic N) is 2. The SMILES string of the molecule is C=Cc1cccc(C(C(=O)NCCCC)N(CC#N)C(=O)C(CC(N)=O)NC(=O)OC(C)(C)C)c1. The van der Waals surface area contributed by atoms with E-state index in [2.05, 4.69) is 17.2 Å². The summed E-state index contributed by atoms with van der Waals surface area (Å²) in [7, 11) is 0. The zero-order valence-corrected chi connectivity index (χ0v) is 20.8. The molecule has 0 heterocycles. The van der Waals surface area contributed by atoms with E-state index in [0.717, 1.165) is 17.7 Å². The van der Waals surface area contributed by atoms with Gasteiger partial charge in [0.2, 0.25) is 17.7 Å². The van der Waals surface area contributed by atoms with Crippen LogP contribution in [-0.2, 0) is 19.1 Å². The van der Waals surface area contributed by atoms with Crippen molar-refractivity contribution in [2.75, 3.05) is 13.1 Å². The molecule has 10 heteroatoms. The largest absolute Gasteiger partial charge is 0.444 e. The molecule has 0 saturated heterocycles. The highest BCUT2D eigenvalue weighted by Gasteiger charge is 2.37. The summed E-state index contributed by atoms with van der Waals surface area (Å²) < 4.78 is 5.20. The van der Waals surface area contributed by atoms with Gasteiger partial charge in [-0.2, -0.15) is 5.26 Å². The number of nitrogens with one attached hydrogen (secondary N) is 2. The first-order chi connectivity index (χ1) is 16.4. The summed E-state index contributed by atoms with van der Waals surface area (Å²) in [5.74, 6) is -2.18. The topological polar surface area (TPSA) is 155 Å². The van der Waals surface area contributed by atoms with E-state index >= 15 is 0 Å². The molecule has 0 spiro atoms. The highest BCUT2D eigenvalue weighted by Crippen LogP contribution is 2.24. The van der Waals surface area contributed by atoms with Crippen LogP contribution in [0.2, 0.25) is 0 Å². The molecule has 35 heavy (non-hydrogen) atoms. The van der Waals surface area contributed by atoms with E-state index in [0.29, 0.717) is 17.7 Å². The number of carbonyl (C=O) groups is 4. The molecule has 0 aromatic heterocycles. The normalized spacial score (nSPS) is 12.4. The van der Waals surface area contributed by atoms with Crippen molar-refractivity contribution >= 4 is 29.9 Å². The van der Waals surface area contributed by atoms with Gasteiger partial charge in [0.15, 0.2) is 0 Å². The predicted octanol–water partition coefficient (Wildman–Crippen LogP) is 2.41. The number of hydrogen-bond acceptors (Lipinski definition) is 6. The van der Waals surface area contributed by atoms with Crippen LogP contribution in [0.25, 0.3) is 6.08 Å². The van der Waals surface area contributed by atoms with Gasteiger partial charge in [0, 0.05) is 6.54 Å². The fraction of sp³-hybridized carbons (Fsp3) is 0.480. The van der Waals surface area contributed by atoms with Crippen molar-refractivity contribution < 1.29 is 23.9 Å². The van der Waals surface area contributed by atoms with Crippen LogP contribution in [0.3, 0.4) is 0 Å². The number of unbranched alkanes of at least 4 members (excludes halogenated alkanes) is 1. The lowest BCUT2D eigenvalue weighted by Gasteiger charge is -2.32. The Bertz CT molecular complexity index is 964. The van der Waals surface area contributed by atoms with Crippen LogP contribution in [0, 0.1) is 11.3 Å². The van der Waals surface area contributed by atoms with Crippen molar-refractivity contribution in [3.63, 3.8) is 0 Å². The van der Waals surface area contributed by atoms with Gasteiger partial charge in [0.1, 0.15) is 24.2 Å². The summed E-state index contributed by atoms with van der Waals surface area (Å²) in [4.78, 5) is 51.9. The summed E-state index contributed by atoms with van der Waals surface area (Å²) in [6.07, 6.45) is 1.68. The van der Waals surface area contributed by atoms with Crippen molar-refractivity contribution in [2.24, 2.45) is 5.73 Å². The van der Waals surface area contributed by atoms with Gasteiger partial charge in [-0.25, -0.2) is 4.79 Å². The molecule has 0 aliphatic rings. The number of amides is 4. The van der Waals surface area contributed by atoms with E-state index < -0.39 is 54.5 Å². The number of carbonyl (C=O) groups excluding carboxylic acids is 4. The van der Waals surface area contributed by atoms with Gasteiger partial charge >= 0.3 is 6.09 Å². The van der Waals surface area contributed by atoms with Crippen molar-refractivity contribution in [2.45, 2.75) is 64.6 Å². The van der Waals surface area contributed by atoms with Crippen LogP contribution >= 0.6 is 0 Å². The quantitative estimate of drug-likeness (QED) is 0.305. The highest BCUT2D eigenvalue weighted by atomic mass is 16.6. The molecule has 0 saturated carbocycles. The molecule has 190 valence electrons. The first-order valence-electron chi connectivity index (χ1n) is 11.4. The number of rotatable bonds is 12. The van der Waals surface area contributed by atoms with Gasteiger partial charge in [-0.15, -0.1) is 0 Å². The Labute approximate surface area is 206 Å². The second-order valence-corrected chi connectivity index (χ2v) is 8.91. The molecule has 1 aromatic carbocycles. The second-order valence-electron chi connectivity index (χ2n) is 8.91. The van der Waals surface area contributed by atoms with Gasteiger partial charge in [-0.1, -0.05) is 44.2 Å². The number of benzene rings is 1. The summed E-state index contributed by atoms with van der Waals surface area (Å²) in [6.45, 7) is 10.5. The first-order valence-corrected chi connectivity index (χ1v) is 11.4. The summed E-state index contributed by atoms with van der Waals surface area (Å²) >= 11 is 0. The summed E-state index contributed by atoms with van der Waals surface area (Å²) in [5, 5.41) is 14.6. The van der Waals surface area contributed by atoms with E-state index in [1.807, 2.05) is 13.0 Å². The van der Waals surface area contributed by atoms with Crippen LogP contribution in [0.5, 0.6) is 0 Å². The fourth-order valence-electron chi connectivity index (χ4n) is 3.24. The lowest BCUT2D eigenvalue weighted by atomic mass is 10.00. The van der Waals surface area contributed by atoms with Gasteiger partial charge in [-0.05, 0) is 44.4 Å². The lowest BCUT2D eigenvalue weighted by molar-refractivity contribution is -0.142. The Morgan fingerprint density at radius 1 is 1.29 bits per heavy atom. The van der Waals surface area contributed by atoms with Crippen molar-refractivity contribution in [3.05, 3.63) is 42.0 Å². The molecule has 4 N–H and O–H groups in total. The lowest BCUT2D eigenvalue weighted by Crippen LogP contribution is -2.54. The van der Waals surface area contributed by atoms with Gasteiger partial charge in [0.05, 0.1) is 12.5 Å². The summed E-state index contributed by atoms with van der Waals surface area (Å²) in [6, 6.07) is 6.06. The van der Waals surface area contributed by atoms with Crippen molar-refractivity contribution in [1.29, 1.82) is 5.26 Å². The molecule has 0 aliphatic carbocycles. The summed E-state index contributed by atoms with van der Waals surface area (Å²) in [5.41, 5.74) is 5.61. The van der Waals surface area contributed by atoms with Crippen LogP contribution in [0.15, 0.2) is 30.8 Å². The zero-order chi connectivity index (χ0) is 26.6. The molecule has 0 bridgehead atoms. The minimum absolute atomic E-state index is 0.377. The Balaban J connectivity index is 3.45. The molecular weight excluding hydrogens is 450 g/mol. The van der Waals surface area contributed by atoms with E-state index in [4.69, 9.17) is 10.5 Å². The van der Waals surface area contributed by atoms with E-state index in [9.17, 15) is 24.4 Å². The third-order valence-corrected chi connectivity index (χ3v) is 4.77. The van der Waals surface area contributed by atoms with E-state index in [-0.39, 0.29) is 0 Å². The standard InChI is InChI=1S/C25H35N5O5/c1-6-8-13-28-22(32)21(18-11-9-10-17(7-2)15-18)30(14-12-26)23(33)19(16-20(27)31)29-24(34)35-25(3,4)5/h7,9-11,15,19,21H,2,6,8,13-14,16H2,1,3-5H3,(H2,27,31)(H,28,32)(H,29,34). The number of ether oxygens (including phenoxy) is 1. The average molecular weight is 486 g/mol. The number of alkyl carbamates (subject to hydrolysis) is 1. The number of primary amides is 1. The van der Waals surface area contributed by atoms with E-state index in [1.165, 1.54) is 0 Å². The Morgan fingerprint density at radius 2 is 1.97 bits per heavy atom. The van der Waals surface area contributed by atoms with Crippen LogP contribution in [0.1, 0.15) is 64.1 Å². The minimum atomic E-state index is -1.44. The molecule has 2 atom stereocenters. The highest BCUT2D eigenvalue weighted by molar-refractivity contribution is 5.94. The molecular formula is C25H35N5O5. The number of nitriles is 1. The minimum Gasteiger partial charge on any atom is -0.444 e. The molecule has 1 rings (SSSR count). The Morgan fingerprint density at radius 3 is 2.51 bits per heavy atom. The molecule has 4 amide bonds. The third-order valence-electron chi connectivity index (χ3n) is 4.77. The maximum Gasteiger partial charge on any atom is 0.408 e. The van der Waals surface area contributed by atoms with Crippen LogP contribution < -0.4 is 16.4 Å². The molecule has 1 aromatic rings. The van der Waals surface area contributed by atoms with Crippen LogP contribution in [-0.4, -0.2) is 53.4 Å². The van der Waals surface area contributed by atoms with E-state index in [1.54, 1.807) is 51.1 Å². The zero-order valence-electron chi connectivity index (χ0n) is 20.8. The molecule has 10 nitrogen and oxygen atoms in total. The Hall–Kier alpha value is -3.87. The monoisotopic (exact) mass is 485 g/mol. The van der Waals surface area contributed by atoms with Crippen LogP contribution in [0.4, 0.5) is 4.79 Å². The second kappa shape index (κ2) is 13.7. The average Bonchev–Trinajstić information content (AvgIpc) is 2.76. The maximum absolute atomic E-state index is 13.6. The van der Waals surface area contributed by atoms with Gasteiger partial charge in [-0.3, -0.25) is 14.4 Å². The molecule has 0 radical (unpaired) electrons. The third kappa shape index (κ3) is 9.88. The molecule has 0 fully saturated rings. The molecule has 2 unspecified atom stereocenters. The van der Waals surface area contributed by atoms with Gasteiger partial charge < -0.3 is 26.0 Å². The predicted molar refractivity (Wildman–Crippen MR) is 131 cm³/mol. The Kier molecular flexibility index (Phi) is 11.5. The van der Waals surface area contributed by atoms with Gasteiger partial charge in [0.25, 0.3) is 0 Å². The smallest absolute Gasteiger partial charge is 0.408 e. The molecule has 0 aliphatic heterocycles. The number of hydrogen-bond donors (Lipinski definition) is 3. The van der Waals surface area contributed by atoms with Crippen molar-refractivity contribution in [3.8, 4) is 6.07 Å². The van der Waals surface area contributed by atoms with Crippen molar-refractivity contribution in [1.82, 2.24) is 15.5 Å². The fourth-order valence-corrected chi connectivity index (χ4v) is 3.24. The number of nitrogens with two attached hydrogens (primary N) is 1. The maximum atomic E-state index is 13.6.